The van der Waals surface area contributed by atoms with Crippen LogP contribution < -0.4 is 10.1 Å². The lowest BCUT2D eigenvalue weighted by atomic mass is 9.93. The summed E-state index contributed by atoms with van der Waals surface area (Å²) in [5.74, 6) is 0.317. The summed E-state index contributed by atoms with van der Waals surface area (Å²) in [5.41, 5.74) is 6.10. The Labute approximate surface area is 270 Å². The van der Waals surface area contributed by atoms with E-state index in [1.165, 1.54) is 12.0 Å². The number of ketones is 1. The number of methoxy groups -OCH3 is 1. The Morgan fingerprint density at radius 2 is 1.53 bits per heavy atom. The summed E-state index contributed by atoms with van der Waals surface area (Å²) in [7, 11) is 1.48. The van der Waals surface area contributed by atoms with Gasteiger partial charge >= 0.3 is 6.09 Å². The van der Waals surface area contributed by atoms with Gasteiger partial charge in [-0.3, -0.25) is 14.6 Å². The van der Waals surface area contributed by atoms with Gasteiger partial charge in [0.1, 0.15) is 0 Å². The van der Waals surface area contributed by atoms with Crippen LogP contribution in [0.25, 0.3) is 33.6 Å². The van der Waals surface area contributed by atoms with Gasteiger partial charge < -0.3 is 20.1 Å². The molecule has 0 unspecified atom stereocenters. The number of pyridine rings is 2. The zero-order valence-corrected chi connectivity index (χ0v) is 26.0. The second-order valence-corrected chi connectivity index (χ2v) is 11.9. The highest BCUT2D eigenvalue weighted by Gasteiger charge is 2.27. The number of ether oxygens (including phenoxy) is 1. The Morgan fingerprint density at radius 3 is 2.16 bits per heavy atom. The van der Waals surface area contributed by atoms with Crippen LogP contribution in [0.4, 0.5) is 4.79 Å². The number of nitrogens with one attached hydrogen (secondary N) is 1. The summed E-state index contributed by atoms with van der Waals surface area (Å²) < 4.78 is 5.57. The fourth-order valence-electron chi connectivity index (χ4n) is 5.94. The third-order valence-electron chi connectivity index (χ3n) is 8.22. The van der Waals surface area contributed by atoms with Gasteiger partial charge in [0.05, 0.1) is 40.8 Å². The van der Waals surface area contributed by atoms with E-state index in [-0.39, 0.29) is 36.7 Å². The number of fused-ring (bicyclic) bond motifs is 1. The van der Waals surface area contributed by atoms with Gasteiger partial charge in [-0.05, 0) is 43.5 Å². The molecular weight excluding hydrogens is 615 g/mol. The number of Topliss-reactive ketones (excluding diaryl/α,β-unsaturated/α-hetero) is 1. The number of hydrogen-bond acceptors (Lipinski definition) is 6. The minimum atomic E-state index is -1.10. The van der Waals surface area contributed by atoms with Crippen molar-refractivity contribution in [3.63, 3.8) is 0 Å². The van der Waals surface area contributed by atoms with E-state index < -0.39 is 6.09 Å². The maximum absolute atomic E-state index is 12.3. The molecular formula is C34H30Cl2N4O5. The molecule has 2 aromatic heterocycles. The standard InChI is InChI=1S/C34H30Cl2N4O5/c1-45-33-19(17-40(34(43)44)18-20-12-16-30(42)37-20)11-14-28(39-33)25-8-3-6-22(32(25)36)21-5-2-7-24(31(21)35)27-15-13-23-26(38-27)9-4-10-29(23)41/h2-3,5-8,11,13-15,20H,4,9-10,12,16-18H2,1H3,(H,37,42)(H,43,44)/t20-/m0/s1. The second kappa shape index (κ2) is 12.9. The van der Waals surface area contributed by atoms with Crippen LogP contribution in [0.3, 0.4) is 0 Å². The SMILES string of the molecule is COc1nc(-c2cccc(-c3cccc(-c4ccc5c(n4)CCCC5=O)c3Cl)c2Cl)ccc1CN(C[C@@H]1CCC(=O)N1)C(=O)O. The highest BCUT2D eigenvalue weighted by molar-refractivity contribution is 6.39. The summed E-state index contributed by atoms with van der Waals surface area (Å²) in [6.07, 6.45) is 1.96. The average Bonchev–Trinajstić information content (AvgIpc) is 3.45. The monoisotopic (exact) mass is 644 g/mol. The molecule has 0 spiro atoms. The number of rotatable bonds is 8. The molecule has 1 atom stereocenters. The number of halogens is 2. The molecule has 230 valence electrons. The maximum Gasteiger partial charge on any atom is 0.407 e. The summed E-state index contributed by atoms with van der Waals surface area (Å²) in [5, 5.41) is 13.5. The third-order valence-corrected chi connectivity index (χ3v) is 9.04. The molecule has 11 heteroatoms. The molecule has 1 aliphatic carbocycles. The van der Waals surface area contributed by atoms with Crippen molar-refractivity contribution in [1.82, 2.24) is 20.2 Å². The molecule has 6 rings (SSSR count). The van der Waals surface area contributed by atoms with Gasteiger partial charge in [0, 0.05) is 58.8 Å². The first kappa shape index (κ1) is 30.6. The molecule has 0 radical (unpaired) electrons. The summed E-state index contributed by atoms with van der Waals surface area (Å²) >= 11 is 14.0. The molecule has 3 heterocycles. The Kier molecular flexibility index (Phi) is 8.74. The Balaban J connectivity index is 1.30. The lowest BCUT2D eigenvalue weighted by molar-refractivity contribution is -0.119. The highest BCUT2D eigenvalue weighted by Crippen LogP contribution is 2.42. The average molecular weight is 646 g/mol. The number of carbonyl (C=O) groups is 3. The number of nitrogens with zero attached hydrogens (tertiary/aromatic N) is 3. The first-order valence-corrected chi connectivity index (χ1v) is 15.4. The van der Waals surface area contributed by atoms with Crippen LogP contribution in [0.15, 0.2) is 60.7 Å². The normalized spacial score (nSPS) is 15.8. The van der Waals surface area contributed by atoms with Crippen LogP contribution in [0.5, 0.6) is 5.88 Å². The first-order chi connectivity index (χ1) is 21.7. The number of benzene rings is 2. The topological polar surface area (TPSA) is 122 Å². The van der Waals surface area contributed by atoms with Gasteiger partial charge in [-0.2, -0.15) is 0 Å². The number of carbonyl (C=O) groups excluding carboxylic acids is 2. The molecule has 45 heavy (non-hydrogen) atoms. The van der Waals surface area contributed by atoms with Crippen molar-refractivity contribution in [2.45, 2.75) is 44.7 Å². The Bertz CT molecular complexity index is 1830. The molecule has 1 saturated heterocycles. The van der Waals surface area contributed by atoms with E-state index in [0.29, 0.717) is 62.9 Å². The Morgan fingerprint density at radius 1 is 0.889 bits per heavy atom. The number of aryl methyl sites for hydroxylation is 1. The fraction of sp³-hybridized carbons (Fsp3) is 0.265. The second-order valence-electron chi connectivity index (χ2n) is 11.1. The number of carboxylic acid groups (broad SMARTS) is 1. The van der Waals surface area contributed by atoms with Gasteiger partial charge in [0.25, 0.3) is 0 Å². The fourth-order valence-corrected chi connectivity index (χ4v) is 6.58. The molecule has 2 aromatic carbocycles. The lowest BCUT2D eigenvalue weighted by Crippen LogP contribution is -2.41. The zero-order chi connectivity index (χ0) is 31.7. The van der Waals surface area contributed by atoms with Crippen molar-refractivity contribution in [3.8, 4) is 39.5 Å². The van der Waals surface area contributed by atoms with Gasteiger partial charge in [-0.1, -0.05) is 59.6 Å². The van der Waals surface area contributed by atoms with E-state index in [1.807, 2.05) is 48.5 Å². The van der Waals surface area contributed by atoms with Crippen LogP contribution in [0.2, 0.25) is 10.0 Å². The molecule has 1 aliphatic heterocycles. The summed E-state index contributed by atoms with van der Waals surface area (Å²) in [6, 6.07) is 18.3. The van der Waals surface area contributed by atoms with E-state index in [9.17, 15) is 19.5 Å². The van der Waals surface area contributed by atoms with E-state index in [0.717, 1.165) is 29.7 Å². The van der Waals surface area contributed by atoms with E-state index >= 15 is 0 Å². The smallest absolute Gasteiger partial charge is 0.407 e. The van der Waals surface area contributed by atoms with Crippen LogP contribution in [-0.4, -0.2) is 57.5 Å². The van der Waals surface area contributed by atoms with Gasteiger partial charge in [0.15, 0.2) is 5.78 Å². The zero-order valence-electron chi connectivity index (χ0n) is 24.5. The number of aromatic nitrogens is 2. The number of hydrogen-bond donors (Lipinski definition) is 2. The van der Waals surface area contributed by atoms with Crippen LogP contribution in [0, 0.1) is 0 Å². The highest BCUT2D eigenvalue weighted by atomic mass is 35.5. The van der Waals surface area contributed by atoms with Crippen molar-refractivity contribution in [1.29, 1.82) is 0 Å². The van der Waals surface area contributed by atoms with Crippen molar-refractivity contribution in [2.24, 2.45) is 0 Å². The maximum atomic E-state index is 12.3. The lowest BCUT2D eigenvalue weighted by Gasteiger charge is -2.23. The molecule has 4 aromatic rings. The third kappa shape index (κ3) is 6.23. The predicted octanol–water partition coefficient (Wildman–Crippen LogP) is 7.07. The molecule has 1 fully saturated rings. The quantitative estimate of drug-likeness (QED) is 0.210. The van der Waals surface area contributed by atoms with Crippen molar-refractivity contribution >= 4 is 41.0 Å². The van der Waals surface area contributed by atoms with Gasteiger partial charge in [-0.25, -0.2) is 9.78 Å². The van der Waals surface area contributed by atoms with Crippen molar-refractivity contribution in [2.75, 3.05) is 13.7 Å². The van der Waals surface area contributed by atoms with Crippen molar-refractivity contribution in [3.05, 3.63) is 87.5 Å². The molecule has 0 saturated carbocycles. The Hall–Kier alpha value is -4.47. The number of amides is 2. The van der Waals surface area contributed by atoms with Gasteiger partial charge in [-0.15, -0.1) is 0 Å². The minimum Gasteiger partial charge on any atom is -0.481 e. The van der Waals surface area contributed by atoms with Gasteiger partial charge in [0.2, 0.25) is 11.8 Å². The van der Waals surface area contributed by atoms with E-state index in [2.05, 4.69) is 10.3 Å². The summed E-state index contributed by atoms with van der Waals surface area (Å²) in [6.45, 7) is 0.206. The molecule has 2 amide bonds. The molecule has 2 aliphatic rings. The molecule has 9 nitrogen and oxygen atoms in total. The van der Waals surface area contributed by atoms with Crippen LogP contribution in [0.1, 0.15) is 47.3 Å². The van der Waals surface area contributed by atoms with Crippen LogP contribution >= 0.6 is 23.2 Å². The van der Waals surface area contributed by atoms with Crippen molar-refractivity contribution < 1.29 is 24.2 Å². The van der Waals surface area contributed by atoms with E-state index in [1.54, 1.807) is 12.1 Å². The predicted molar refractivity (Wildman–Crippen MR) is 172 cm³/mol. The van der Waals surface area contributed by atoms with Crippen LogP contribution in [-0.2, 0) is 17.8 Å². The van der Waals surface area contributed by atoms with E-state index in [4.69, 9.17) is 32.9 Å². The largest absolute Gasteiger partial charge is 0.481 e. The molecule has 0 bridgehead atoms. The minimum absolute atomic E-state index is 0.0409. The molecule has 2 N–H and O–H groups in total. The summed E-state index contributed by atoms with van der Waals surface area (Å²) in [4.78, 5) is 46.6. The first-order valence-electron chi connectivity index (χ1n) is 14.7.